The second-order valence-corrected chi connectivity index (χ2v) is 8.32. The summed E-state index contributed by atoms with van der Waals surface area (Å²) in [6.45, 7) is 0.730. The van der Waals surface area contributed by atoms with Gasteiger partial charge in [-0.05, 0) is 24.0 Å². The van der Waals surface area contributed by atoms with Gasteiger partial charge in [-0.1, -0.05) is 60.7 Å². The summed E-state index contributed by atoms with van der Waals surface area (Å²) in [5.74, 6) is -1.42. The third-order valence-electron chi connectivity index (χ3n) is 6.55. The number of hydrogen-bond acceptors (Lipinski definition) is 6. The molecule has 2 aromatic rings. The van der Waals surface area contributed by atoms with Crippen LogP contribution in [0.5, 0.6) is 0 Å². The summed E-state index contributed by atoms with van der Waals surface area (Å²) < 4.78 is 10.5. The molecule has 0 spiro atoms. The number of nitrogens with zero attached hydrogens (tertiary/aromatic N) is 1. The number of rotatable bonds is 7. The highest BCUT2D eigenvalue weighted by Gasteiger charge is 2.62. The summed E-state index contributed by atoms with van der Waals surface area (Å²) >= 11 is 0. The Labute approximate surface area is 182 Å². The number of benzene rings is 2. The van der Waals surface area contributed by atoms with Gasteiger partial charge in [0.2, 0.25) is 0 Å². The Hall–Kier alpha value is -2.99. The molecule has 6 heteroatoms. The minimum absolute atomic E-state index is 0.0795. The number of hydrogen-bond donors (Lipinski definition) is 0. The molecule has 2 bridgehead atoms. The number of esters is 2. The average molecular weight is 421 g/mol. The first-order chi connectivity index (χ1) is 15.0. The zero-order valence-electron chi connectivity index (χ0n) is 17.7. The van der Waals surface area contributed by atoms with Crippen LogP contribution in [0.1, 0.15) is 36.8 Å². The van der Waals surface area contributed by atoms with E-state index >= 15 is 0 Å². The smallest absolute Gasteiger partial charge is 0.321 e. The van der Waals surface area contributed by atoms with Gasteiger partial charge in [0.25, 0.3) is 0 Å². The Bertz CT molecular complexity index is 945. The van der Waals surface area contributed by atoms with E-state index in [0.29, 0.717) is 13.0 Å². The molecule has 31 heavy (non-hydrogen) atoms. The third kappa shape index (κ3) is 4.12. The van der Waals surface area contributed by atoms with Gasteiger partial charge in [0.1, 0.15) is 6.61 Å². The number of carbonyl (C=O) groups is 3. The van der Waals surface area contributed by atoms with Gasteiger partial charge in [-0.15, -0.1) is 0 Å². The van der Waals surface area contributed by atoms with Crippen molar-refractivity contribution in [3.05, 3.63) is 71.8 Å². The molecule has 0 radical (unpaired) electrons. The summed E-state index contributed by atoms with van der Waals surface area (Å²) in [7, 11) is 1.27. The summed E-state index contributed by atoms with van der Waals surface area (Å²) in [6, 6.07) is 19.0. The van der Waals surface area contributed by atoms with E-state index in [1.165, 1.54) is 7.11 Å². The quantitative estimate of drug-likeness (QED) is 0.505. The maximum absolute atomic E-state index is 13.2. The molecule has 2 heterocycles. The van der Waals surface area contributed by atoms with Crippen LogP contribution in [0.25, 0.3) is 0 Å². The van der Waals surface area contributed by atoms with Gasteiger partial charge in [-0.2, -0.15) is 0 Å². The van der Waals surface area contributed by atoms with Crippen LogP contribution in [0.3, 0.4) is 0 Å². The van der Waals surface area contributed by atoms with E-state index < -0.39 is 17.4 Å². The molecule has 2 aliphatic rings. The van der Waals surface area contributed by atoms with Crippen LogP contribution >= 0.6 is 0 Å². The number of Topliss-reactive ketones (excluding diaryl/α,β-unsaturated/α-hetero) is 1. The minimum Gasteiger partial charge on any atom is -0.468 e. The highest BCUT2D eigenvalue weighted by atomic mass is 16.5. The molecule has 2 saturated heterocycles. The average Bonchev–Trinajstić information content (AvgIpc) is 3.11. The normalized spacial score (nSPS) is 25.3. The van der Waals surface area contributed by atoms with E-state index in [4.69, 9.17) is 9.47 Å². The molecule has 0 aliphatic carbocycles. The van der Waals surface area contributed by atoms with E-state index in [0.717, 1.165) is 17.5 Å². The lowest BCUT2D eigenvalue weighted by Gasteiger charge is -2.45. The Kier molecular flexibility index (Phi) is 6.18. The largest absolute Gasteiger partial charge is 0.468 e. The molecule has 3 atom stereocenters. The Balaban J connectivity index is 1.57. The first-order valence-electron chi connectivity index (χ1n) is 10.7. The van der Waals surface area contributed by atoms with Crippen LogP contribution in [0.4, 0.5) is 0 Å². The number of piperidine rings is 1. The van der Waals surface area contributed by atoms with Gasteiger partial charge in [0.05, 0.1) is 13.5 Å². The van der Waals surface area contributed by atoms with Crippen molar-refractivity contribution in [3.63, 3.8) is 0 Å². The predicted molar refractivity (Wildman–Crippen MR) is 114 cm³/mol. The first kappa shape index (κ1) is 21.2. The van der Waals surface area contributed by atoms with Crippen molar-refractivity contribution in [3.8, 4) is 0 Å². The van der Waals surface area contributed by atoms with Crippen LogP contribution in [0, 0.1) is 5.41 Å². The fourth-order valence-corrected chi connectivity index (χ4v) is 5.04. The molecular weight excluding hydrogens is 394 g/mol. The van der Waals surface area contributed by atoms with Crippen LogP contribution in [0.2, 0.25) is 0 Å². The maximum Gasteiger partial charge on any atom is 0.321 e. The van der Waals surface area contributed by atoms with Gasteiger partial charge in [-0.3, -0.25) is 19.3 Å². The lowest BCUT2D eigenvalue weighted by Crippen LogP contribution is -2.61. The monoisotopic (exact) mass is 421 g/mol. The van der Waals surface area contributed by atoms with Crippen LogP contribution in [-0.4, -0.2) is 41.8 Å². The van der Waals surface area contributed by atoms with Crippen LogP contribution < -0.4 is 0 Å². The molecule has 2 fully saturated rings. The van der Waals surface area contributed by atoms with Crippen molar-refractivity contribution in [2.75, 3.05) is 7.11 Å². The fraction of sp³-hybridized carbons (Fsp3) is 0.400. The fourth-order valence-electron chi connectivity index (χ4n) is 5.04. The molecule has 0 amide bonds. The Morgan fingerprint density at radius 2 is 1.65 bits per heavy atom. The van der Waals surface area contributed by atoms with E-state index in [9.17, 15) is 14.4 Å². The van der Waals surface area contributed by atoms with Gasteiger partial charge in [0.15, 0.2) is 11.2 Å². The summed E-state index contributed by atoms with van der Waals surface area (Å²) in [6.07, 6.45) is 1.43. The number of ether oxygens (including phenoxy) is 2. The van der Waals surface area contributed by atoms with Gasteiger partial charge < -0.3 is 9.47 Å². The SMILES string of the molecule is COC(=O)C1(CC(=O)OCc2ccccc2)C(=O)CC2CCC1N2Cc1ccccc1. The minimum atomic E-state index is -1.52. The predicted octanol–water partition coefficient (Wildman–Crippen LogP) is 3.29. The molecule has 6 nitrogen and oxygen atoms in total. The lowest BCUT2D eigenvalue weighted by atomic mass is 9.70. The zero-order valence-corrected chi connectivity index (χ0v) is 17.7. The van der Waals surface area contributed by atoms with Gasteiger partial charge in [0, 0.05) is 25.0 Å². The summed E-state index contributed by atoms with van der Waals surface area (Å²) in [4.78, 5) is 41.3. The number of fused-ring (bicyclic) bond motifs is 2. The highest BCUT2D eigenvalue weighted by Crippen LogP contribution is 2.48. The molecule has 2 aliphatic heterocycles. The number of ketones is 1. The Morgan fingerprint density at radius 3 is 2.29 bits per heavy atom. The lowest BCUT2D eigenvalue weighted by molar-refractivity contribution is -0.174. The molecule has 2 aromatic carbocycles. The molecule has 162 valence electrons. The molecule has 3 unspecified atom stereocenters. The van der Waals surface area contributed by atoms with Crippen molar-refractivity contribution in [1.82, 2.24) is 4.90 Å². The summed E-state index contributed by atoms with van der Waals surface area (Å²) in [5, 5.41) is 0. The molecule has 4 rings (SSSR count). The van der Waals surface area contributed by atoms with E-state index in [2.05, 4.69) is 4.90 Å². The van der Waals surface area contributed by atoms with E-state index in [1.54, 1.807) is 0 Å². The topological polar surface area (TPSA) is 72.9 Å². The van der Waals surface area contributed by atoms with Crippen molar-refractivity contribution in [2.45, 2.75) is 50.9 Å². The third-order valence-corrected chi connectivity index (χ3v) is 6.55. The molecule has 0 aromatic heterocycles. The second kappa shape index (κ2) is 9.02. The first-order valence-corrected chi connectivity index (χ1v) is 10.7. The number of carbonyl (C=O) groups excluding carboxylic acids is 3. The molecular formula is C25H27NO5. The standard InChI is InChI=1S/C25H27NO5/c1-30-24(29)25(15-23(28)31-17-19-10-6-3-7-11-19)21-13-12-20(14-22(25)27)26(21)16-18-8-4-2-5-9-18/h2-11,20-21H,12-17H2,1H3. The maximum atomic E-state index is 13.2. The van der Waals surface area contributed by atoms with Crippen molar-refractivity contribution >= 4 is 17.7 Å². The van der Waals surface area contributed by atoms with Crippen LogP contribution in [-0.2, 0) is 37.0 Å². The van der Waals surface area contributed by atoms with Crippen LogP contribution in [0.15, 0.2) is 60.7 Å². The van der Waals surface area contributed by atoms with Crippen molar-refractivity contribution in [2.24, 2.45) is 5.41 Å². The van der Waals surface area contributed by atoms with E-state index in [-0.39, 0.29) is 37.3 Å². The molecule has 0 N–H and O–H groups in total. The second-order valence-electron chi connectivity index (χ2n) is 8.32. The Morgan fingerprint density at radius 1 is 1.00 bits per heavy atom. The zero-order chi connectivity index (χ0) is 21.8. The van der Waals surface area contributed by atoms with E-state index in [1.807, 2.05) is 60.7 Å². The number of methoxy groups -OCH3 is 1. The summed E-state index contributed by atoms with van der Waals surface area (Å²) in [5.41, 5.74) is 0.438. The van der Waals surface area contributed by atoms with Gasteiger partial charge in [-0.25, -0.2) is 0 Å². The van der Waals surface area contributed by atoms with Crippen molar-refractivity contribution in [1.29, 1.82) is 0 Å². The van der Waals surface area contributed by atoms with Crippen molar-refractivity contribution < 1.29 is 23.9 Å². The highest BCUT2D eigenvalue weighted by molar-refractivity contribution is 6.08. The van der Waals surface area contributed by atoms with Gasteiger partial charge >= 0.3 is 11.9 Å². The molecule has 0 saturated carbocycles.